The summed E-state index contributed by atoms with van der Waals surface area (Å²) in [6.07, 6.45) is 0. The molecule has 2 aromatic heterocycles. The van der Waals surface area contributed by atoms with Gasteiger partial charge in [0.25, 0.3) is 0 Å². The van der Waals surface area contributed by atoms with Crippen LogP contribution in [0.15, 0.2) is 54.6 Å². The summed E-state index contributed by atoms with van der Waals surface area (Å²) < 4.78 is 1.28. The summed E-state index contributed by atoms with van der Waals surface area (Å²) in [6, 6.07) is 22.4. The molecule has 0 saturated carbocycles. The van der Waals surface area contributed by atoms with Gasteiger partial charge in [0, 0.05) is 32.8 Å². The Bertz CT molecular complexity index is 907. The van der Waals surface area contributed by atoms with E-state index in [1.165, 1.54) is 21.0 Å². The molecule has 2 aromatic carbocycles. The molecule has 4 rings (SSSR count). The third-order valence-corrected chi connectivity index (χ3v) is 4.53. The van der Waals surface area contributed by atoms with Crippen molar-refractivity contribution in [3.63, 3.8) is 0 Å². The molecule has 2 heterocycles. The van der Waals surface area contributed by atoms with E-state index in [-0.39, 0.29) is 0 Å². The lowest BCUT2D eigenvalue weighted by atomic mass is 10.0. The van der Waals surface area contributed by atoms with Gasteiger partial charge in [-0.1, -0.05) is 48.5 Å². The van der Waals surface area contributed by atoms with E-state index in [0.717, 1.165) is 16.1 Å². The molecule has 0 unspecified atom stereocenters. The molecular weight excluding hydrogens is 262 g/mol. The molecule has 0 bridgehead atoms. The highest BCUT2D eigenvalue weighted by Crippen LogP contribution is 2.38. The Morgan fingerprint density at radius 2 is 1.70 bits per heavy atom. The Hall–Kier alpha value is -2.19. The highest BCUT2D eigenvalue weighted by Gasteiger charge is 2.12. The van der Waals surface area contributed by atoms with E-state index in [1.54, 1.807) is 11.3 Å². The number of thiophene rings is 1. The molecule has 0 atom stereocenters. The van der Waals surface area contributed by atoms with E-state index < -0.39 is 0 Å². The Morgan fingerprint density at radius 1 is 0.950 bits per heavy atom. The number of rotatable bonds is 1. The topological polar surface area (TPSA) is 12.9 Å². The quantitative estimate of drug-likeness (QED) is 0.463. The van der Waals surface area contributed by atoms with Gasteiger partial charge in [0.05, 0.1) is 0 Å². The van der Waals surface area contributed by atoms with Gasteiger partial charge in [-0.3, -0.25) is 0 Å². The van der Waals surface area contributed by atoms with Crippen LogP contribution in [0.2, 0.25) is 0 Å². The maximum Gasteiger partial charge on any atom is 0.125 e. The summed E-state index contributed by atoms with van der Waals surface area (Å²) in [6.45, 7) is 2.01. The van der Waals surface area contributed by atoms with Crippen LogP contribution in [0.4, 0.5) is 0 Å². The summed E-state index contributed by atoms with van der Waals surface area (Å²) in [4.78, 5) is 5.76. The third kappa shape index (κ3) is 1.73. The lowest BCUT2D eigenvalue weighted by Gasteiger charge is -2.05. The zero-order chi connectivity index (χ0) is 13.5. The predicted molar refractivity (Wildman–Crippen MR) is 86.1 cm³/mol. The average molecular weight is 274 g/mol. The molecule has 1 radical (unpaired) electrons. The fourth-order valence-corrected chi connectivity index (χ4v) is 3.73. The number of aryl methyl sites for hydroxylation is 1. The second-order valence-corrected chi connectivity index (χ2v) is 5.87. The second-order valence-electron chi connectivity index (χ2n) is 4.84. The first-order valence-electron chi connectivity index (χ1n) is 6.59. The normalized spacial score (nSPS) is 11.2. The van der Waals surface area contributed by atoms with Gasteiger partial charge in [0.15, 0.2) is 0 Å². The minimum atomic E-state index is 0.947. The largest absolute Gasteiger partial charge is 0.242 e. The Morgan fingerprint density at radius 3 is 2.55 bits per heavy atom. The minimum absolute atomic E-state index is 0.947. The fraction of sp³-hybridized carbons (Fsp3) is 0.0556. The molecule has 2 heteroatoms. The molecule has 20 heavy (non-hydrogen) atoms. The lowest BCUT2D eigenvalue weighted by molar-refractivity contribution is 1.26. The zero-order valence-corrected chi connectivity index (χ0v) is 11.9. The summed E-state index contributed by atoms with van der Waals surface area (Å²) in [5, 5.41) is 2.50. The van der Waals surface area contributed by atoms with Crippen molar-refractivity contribution in [1.29, 1.82) is 0 Å². The summed E-state index contributed by atoms with van der Waals surface area (Å²) in [7, 11) is 0. The molecule has 0 fully saturated rings. The zero-order valence-electron chi connectivity index (χ0n) is 11.1. The van der Waals surface area contributed by atoms with Gasteiger partial charge in [-0.25, -0.2) is 4.98 Å². The fourth-order valence-electron chi connectivity index (χ4n) is 2.60. The number of hydrogen-bond acceptors (Lipinski definition) is 2. The highest BCUT2D eigenvalue weighted by atomic mass is 32.1. The van der Waals surface area contributed by atoms with Crippen LogP contribution in [0.1, 0.15) is 5.69 Å². The van der Waals surface area contributed by atoms with E-state index in [4.69, 9.17) is 0 Å². The molecule has 0 aliphatic heterocycles. The SMILES string of the molecule is Cc1[c]c(-c2ccccc2)c2c(n1)sc1ccccc12. The number of fused-ring (bicyclic) bond motifs is 3. The van der Waals surface area contributed by atoms with Crippen molar-refractivity contribution in [2.75, 3.05) is 0 Å². The van der Waals surface area contributed by atoms with Crippen LogP contribution >= 0.6 is 11.3 Å². The van der Waals surface area contributed by atoms with E-state index >= 15 is 0 Å². The molecule has 4 aromatic rings. The highest BCUT2D eigenvalue weighted by molar-refractivity contribution is 7.25. The number of benzene rings is 2. The van der Waals surface area contributed by atoms with E-state index in [1.807, 2.05) is 13.0 Å². The standard InChI is InChI=1S/C18H12NS/c1-12-11-15(13-7-3-2-4-8-13)17-14-9-5-6-10-16(14)20-18(17)19-12/h2-10H,1H3. The van der Waals surface area contributed by atoms with Crippen LogP contribution < -0.4 is 0 Å². The van der Waals surface area contributed by atoms with Crippen LogP contribution in [0.5, 0.6) is 0 Å². The van der Waals surface area contributed by atoms with Crippen LogP contribution in [0, 0.1) is 13.0 Å². The summed E-state index contributed by atoms with van der Waals surface area (Å²) in [5.74, 6) is 0. The van der Waals surface area contributed by atoms with Crippen molar-refractivity contribution in [3.8, 4) is 11.1 Å². The Labute approximate surface area is 121 Å². The van der Waals surface area contributed by atoms with Gasteiger partial charge in [-0.15, -0.1) is 11.3 Å². The van der Waals surface area contributed by atoms with Crippen LogP contribution in [0.3, 0.4) is 0 Å². The van der Waals surface area contributed by atoms with E-state index in [2.05, 4.69) is 59.6 Å². The first kappa shape index (κ1) is 11.6. The van der Waals surface area contributed by atoms with Gasteiger partial charge < -0.3 is 0 Å². The van der Waals surface area contributed by atoms with E-state index in [9.17, 15) is 0 Å². The minimum Gasteiger partial charge on any atom is -0.242 e. The molecule has 1 nitrogen and oxygen atoms in total. The maximum atomic E-state index is 4.66. The lowest BCUT2D eigenvalue weighted by Crippen LogP contribution is -1.86. The summed E-state index contributed by atoms with van der Waals surface area (Å²) in [5.41, 5.74) is 3.31. The number of pyridine rings is 1. The maximum absolute atomic E-state index is 4.66. The number of hydrogen-bond donors (Lipinski definition) is 0. The van der Waals surface area contributed by atoms with Gasteiger partial charge in [-0.2, -0.15) is 0 Å². The van der Waals surface area contributed by atoms with Gasteiger partial charge in [0.2, 0.25) is 0 Å². The van der Waals surface area contributed by atoms with Gasteiger partial charge in [0.1, 0.15) is 4.83 Å². The molecular formula is C18H12NS. The smallest absolute Gasteiger partial charge is 0.125 e. The van der Waals surface area contributed by atoms with Crippen molar-refractivity contribution in [3.05, 3.63) is 66.4 Å². The molecule has 95 valence electrons. The third-order valence-electron chi connectivity index (χ3n) is 3.46. The van der Waals surface area contributed by atoms with E-state index in [0.29, 0.717) is 0 Å². The first-order valence-corrected chi connectivity index (χ1v) is 7.41. The molecule has 0 spiro atoms. The Kier molecular flexibility index (Phi) is 2.57. The molecule has 0 saturated heterocycles. The first-order chi connectivity index (χ1) is 9.83. The van der Waals surface area contributed by atoms with Crippen molar-refractivity contribution >= 4 is 31.6 Å². The Balaban J connectivity index is 2.19. The average Bonchev–Trinajstić information content (AvgIpc) is 2.85. The monoisotopic (exact) mass is 274 g/mol. The van der Waals surface area contributed by atoms with Gasteiger partial charge >= 0.3 is 0 Å². The number of aromatic nitrogens is 1. The second kappa shape index (κ2) is 4.43. The van der Waals surface area contributed by atoms with Crippen LogP contribution in [-0.4, -0.2) is 4.98 Å². The van der Waals surface area contributed by atoms with Crippen LogP contribution in [0.25, 0.3) is 31.4 Å². The summed E-state index contributed by atoms with van der Waals surface area (Å²) >= 11 is 1.75. The van der Waals surface area contributed by atoms with Crippen LogP contribution in [-0.2, 0) is 0 Å². The van der Waals surface area contributed by atoms with Crippen molar-refractivity contribution in [2.45, 2.75) is 6.92 Å². The van der Waals surface area contributed by atoms with Crippen molar-refractivity contribution < 1.29 is 0 Å². The molecule has 0 aliphatic carbocycles. The molecule has 0 N–H and O–H groups in total. The van der Waals surface area contributed by atoms with Crippen molar-refractivity contribution in [2.24, 2.45) is 0 Å². The van der Waals surface area contributed by atoms with Gasteiger partial charge in [-0.05, 0) is 18.6 Å². The molecule has 0 aliphatic rings. The predicted octanol–water partition coefficient (Wildman–Crippen LogP) is 5.23. The number of nitrogens with zero attached hydrogens (tertiary/aromatic N) is 1. The van der Waals surface area contributed by atoms with Crippen molar-refractivity contribution in [1.82, 2.24) is 4.98 Å². The molecule has 0 amide bonds.